The van der Waals surface area contributed by atoms with Crippen LogP contribution in [0.25, 0.3) is 22.0 Å². The summed E-state index contributed by atoms with van der Waals surface area (Å²) in [5, 5.41) is 28.6. The van der Waals surface area contributed by atoms with Gasteiger partial charge in [0.05, 0.1) is 28.2 Å². The smallest absolute Gasteiger partial charge is 0.278 e. The molecule has 9 rings (SSSR count). The molecule has 16 heteroatoms. The van der Waals surface area contributed by atoms with Gasteiger partial charge in [-0.1, -0.05) is 56.6 Å². The molecule has 3 aromatic carbocycles. The Labute approximate surface area is 376 Å². The van der Waals surface area contributed by atoms with Crippen molar-refractivity contribution in [3.8, 4) is 22.9 Å². The van der Waals surface area contributed by atoms with Crippen LogP contribution < -0.4 is 25.8 Å². The molecule has 5 heterocycles. The molecule has 1 saturated carbocycles. The van der Waals surface area contributed by atoms with Gasteiger partial charge in [-0.25, -0.2) is 0 Å². The highest BCUT2D eigenvalue weighted by Crippen LogP contribution is 2.55. The van der Waals surface area contributed by atoms with Gasteiger partial charge in [0.2, 0.25) is 5.91 Å². The first kappa shape index (κ1) is 43.2. The van der Waals surface area contributed by atoms with Crippen LogP contribution in [0.2, 0.25) is 5.02 Å². The van der Waals surface area contributed by atoms with Crippen LogP contribution in [0.4, 0.5) is 5.69 Å². The van der Waals surface area contributed by atoms with Crippen molar-refractivity contribution >= 4 is 45.9 Å². The fourth-order valence-corrected chi connectivity index (χ4v) is 11.0. The number of carbonyl (C=O) groups excluding carboxylic acids is 3. The Kier molecular flexibility index (Phi) is 11.5. The summed E-state index contributed by atoms with van der Waals surface area (Å²) in [7, 11) is 0. The van der Waals surface area contributed by atoms with Gasteiger partial charge in [0, 0.05) is 85.1 Å². The molecule has 3 amide bonds. The maximum absolute atomic E-state index is 13.6. The molecule has 4 fully saturated rings. The number of imide groups is 1. The van der Waals surface area contributed by atoms with Crippen LogP contribution in [0, 0.1) is 28.1 Å². The van der Waals surface area contributed by atoms with Gasteiger partial charge in [0.15, 0.2) is 0 Å². The molecule has 3 aliphatic heterocycles. The van der Waals surface area contributed by atoms with Gasteiger partial charge in [-0.05, 0) is 86.1 Å². The molecule has 332 valence electrons. The third-order valence-electron chi connectivity index (χ3n) is 14.1. The number of carbonyl (C=O) groups is 3. The Morgan fingerprint density at radius 3 is 2.34 bits per heavy atom. The minimum Gasteiger partial charge on any atom is -0.489 e. The second-order valence-corrected chi connectivity index (χ2v) is 19.5. The number of nitrogens with zero attached hydrogens (tertiary/aromatic N) is 8. The van der Waals surface area contributed by atoms with Crippen LogP contribution in [0.1, 0.15) is 94.2 Å². The third-order valence-corrected chi connectivity index (χ3v) is 14.4. The molecule has 2 N–H and O–H groups in total. The number of hydrogen-bond donors (Lipinski definition) is 2. The molecule has 4 aliphatic rings. The molecular formula is C48H53ClN10O5. The molecule has 64 heavy (non-hydrogen) atoms. The third kappa shape index (κ3) is 8.25. The largest absolute Gasteiger partial charge is 0.489 e. The van der Waals surface area contributed by atoms with Crippen molar-refractivity contribution < 1.29 is 19.1 Å². The standard InChI is InChI=1S/C48H53ClN10O5/c1-47(2)45(48(3,4)46(47)64-36-11-9-32(25-50)38(49)24-36)53-42(61)31-7-5-30(6-8-31)33-26-51-58(28-33)34-17-19-56(20-18-34)27-29-15-21-57(22-16-29)35-10-12-39-37(23-35)44(63)59(55-54-39)40-13-14-41(60)52-43(40)62/h5-12,23-24,26,28-29,34,40,45-46H,13-22,27H2,1-4H3,(H,53,61)(H,52,60,62)/t40?,45-,46-. The van der Waals surface area contributed by atoms with E-state index in [0.717, 1.165) is 79.9 Å². The highest BCUT2D eigenvalue weighted by Gasteiger charge is 2.64. The number of amides is 3. The quantitative estimate of drug-likeness (QED) is 0.150. The van der Waals surface area contributed by atoms with E-state index < -0.39 is 11.9 Å². The molecular weight excluding hydrogens is 832 g/mol. The number of rotatable bonds is 10. The lowest BCUT2D eigenvalue weighted by molar-refractivity contribution is -0.164. The molecule has 0 bridgehead atoms. The molecule has 5 aromatic rings. The van der Waals surface area contributed by atoms with Gasteiger partial charge >= 0.3 is 0 Å². The zero-order valence-electron chi connectivity index (χ0n) is 36.6. The van der Waals surface area contributed by atoms with Gasteiger partial charge in [0.25, 0.3) is 17.4 Å². The van der Waals surface area contributed by atoms with Crippen LogP contribution >= 0.6 is 11.6 Å². The SMILES string of the molecule is CC1(C)[C@H](NC(=O)c2ccc(-c3cnn(C4CCN(CC5CCN(c6ccc7nnn(C8CCC(=O)NC8=O)c(=O)c7c6)CC5)CC4)c3)cc2)C(C)(C)[C@H]1Oc1ccc(C#N)c(Cl)c1. The van der Waals surface area contributed by atoms with Crippen LogP contribution in [0.3, 0.4) is 0 Å². The highest BCUT2D eigenvalue weighted by atomic mass is 35.5. The number of nitriles is 1. The monoisotopic (exact) mass is 884 g/mol. The van der Waals surface area contributed by atoms with Crippen LogP contribution in [0.5, 0.6) is 5.75 Å². The summed E-state index contributed by atoms with van der Waals surface area (Å²) in [5.41, 5.74) is 3.35. The summed E-state index contributed by atoms with van der Waals surface area (Å²) in [5.74, 6) is 0.180. The van der Waals surface area contributed by atoms with Crippen molar-refractivity contribution in [2.24, 2.45) is 16.7 Å². The van der Waals surface area contributed by atoms with Crippen LogP contribution in [-0.4, -0.2) is 92.3 Å². The minimum absolute atomic E-state index is 0.132. The number of nitrogens with one attached hydrogen (secondary N) is 2. The first-order valence-electron chi connectivity index (χ1n) is 22.2. The van der Waals surface area contributed by atoms with E-state index in [-0.39, 0.29) is 53.2 Å². The number of likely N-dealkylation sites (tertiary alicyclic amines) is 1. The van der Waals surface area contributed by atoms with Gasteiger partial charge in [0.1, 0.15) is 29.5 Å². The number of fused-ring (bicyclic) bond motifs is 1. The normalized spacial score (nSPS) is 22.7. The van der Waals surface area contributed by atoms with E-state index in [4.69, 9.17) is 21.4 Å². The van der Waals surface area contributed by atoms with E-state index in [2.05, 4.69) is 75.4 Å². The van der Waals surface area contributed by atoms with Crippen molar-refractivity contribution in [3.63, 3.8) is 0 Å². The molecule has 1 atom stereocenters. The summed E-state index contributed by atoms with van der Waals surface area (Å²) < 4.78 is 9.61. The zero-order valence-corrected chi connectivity index (χ0v) is 37.3. The number of benzene rings is 3. The Morgan fingerprint density at radius 2 is 1.66 bits per heavy atom. The van der Waals surface area contributed by atoms with Gasteiger partial charge < -0.3 is 19.9 Å². The number of hydrogen-bond acceptors (Lipinski definition) is 11. The number of halogens is 1. The summed E-state index contributed by atoms with van der Waals surface area (Å²) in [6.07, 6.45) is 8.38. The molecule has 3 saturated heterocycles. The van der Waals surface area contributed by atoms with E-state index in [1.165, 1.54) is 0 Å². The Bertz CT molecular complexity index is 2690. The van der Waals surface area contributed by atoms with E-state index in [0.29, 0.717) is 44.8 Å². The fraction of sp³-hybridized carbons (Fsp3) is 0.458. The summed E-state index contributed by atoms with van der Waals surface area (Å²) in [6, 6.07) is 19.9. The van der Waals surface area contributed by atoms with Gasteiger partial charge in [-0.2, -0.15) is 15.0 Å². The van der Waals surface area contributed by atoms with Crippen molar-refractivity contribution in [2.75, 3.05) is 37.6 Å². The van der Waals surface area contributed by atoms with Crippen LogP contribution in [-0.2, 0) is 9.59 Å². The van der Waals surface area contributed by atoms with E-state index in [9.17, 15) is 24.4 Å². The second kappa shape index (κ2) is 17.1. The van der Waals surface area contributed by atoms with Crippen molar-refractivity contribution in [2.45, 2.75) is 90.4 Å². The molecule has 0 spiro atoms. The summed E-state index contributed by atoms with van der Waals surface area (Å²) in [4.78, 5) is 56.0. The maximum atomic E-state index is 13.6. The summed E-state index contributed by atoms with van der Waals surface area (Å²) in [6.45, 7) is 13.2. The number of anilines is 1. The lowest BCUT2D eigenvalue weighted by Gasteiger charge is -2.63. The lowest BCUT2D eigenvalue weighted by atomic mass is 9.49. The zero-order chi connectivity index (χ0) is 44.9. The molecule has 15 nitrogen and oxygen atoms in total. The number of piperidine rings is 3. The minimum atomic E-state index is -0.850. The predicted molar refractivity (Wildman–Crippen MR) is 242 cm³/mol. The average molecular weight is 885 g/mol. The van der Waals surface area contributed by atoms with E-state index in [1.54, 1.807) is 18.2 Å². The number of ether oxygens (including phenoxy) is 1. The van der Waals surface area contributed by atoms with Crippen LogP contribution in [0.15, 0.2) is 77.9 Å². The molecule has 1 unspecified atom stereocenters. The summed E-state index contributed by atoms with van der Waals surface area (Å²) >= 11 is 6.26. The fourth-order valence-electron chi connectivity index (χ4n) is 10.8. The maximum Gasteiger partial charge on any atom is 0.278 e. The van der Waals surface area contributed by atoms with Gasteiger partial charge in [-0.15, -0.1) is 5.10 Å². The van der Waals surface area contributed by atoms with Gasteiger partial charge in [-0.3, -0.25) is 29.2 Å². The van der Waals surface area contributed by atoms with E-state index in [1.807, 2.05) is 48.7 Å². The highest BCUT2D eigenvalue weighted by molar-refractivity contribution is 6.31. The first-order valence-corrected chi connectivity index (χ1v) is 22.6. The Balaban J connectivity index is 0.741. The van der Waals surface area contributed by atoms with E-state index >= 15 is 0 Å². The average Bonchev–Trinajstić information content (AvgIpc) is 3.79. The van der Waals surface area contributed by atoms with Crippen molar-refractivity contribution in [1.29, 1.82) is 5.26 Å². The molecule has 0 radical (unpaired) electrons. The topological polar surface area (TPSA) is 180 Å². The predicted octanol–water partition coefficient (Wildman–Crippen LogP) is 6.32. The first-order chi connectivity index (χ1) is 30.7. The molecule has 2 aromatic heterocycles. The second-order valence-electron chi connectivity index (χ2n) is 19.1. The Hall–Kier alpha value is -6.11. The number of aromatic nitrogens is 5. The molecule has 1 aliphatic carbocycles. The van der Waals surface area contributed by atoms with Crippen molar-refractivity contribution in [3.05, 3.63) is 99.6 Å². The lowest BCUT2D eigenvalue weighted by Crippen LogP contribution is -2.74. The van der Waals surface area contributed by atoms with Crippen molar-refractivity contribution in [1.82, 2.24) is 40.3 Å². The Morgan fingerprint density at radius 1 is 0.922 bits per heavy atom.